The Morgan fingerprint density at radius 3 is 2.47 bits per heavy atom. The molecule has 7 heteroatoms. The van der Waals surface area contributed by atoms with Gasteiger partial charge >= 0.3 is 5.69 Å². The fraction of sp³-hybridized carbons (Fsp3) is 0.750. The molecule has 1 N–H and O–H groups in total. The van der Waals surface area contributed by atoms with Gasteiger partial charge in [-0.25, -0.2) is 4.68 Å². The fourth-order valence-corrected chi connectivity index (χ4v) is 2.47. The molecule has 0 spiro atoms. The van der Waals surface area contributed by atoms with Crippen LogP contribution in [0.1, 0.15) is 32.4 Å². The van der Waals surface area contributed by atoms with E-state index in [1.54, 1.807) is 14.0 Å². The van der Waals surface area contributed by atoms with Crippen LogP contribution in [0.3, 0.4) is 0 Å². The number of aromatic nitrogens is 2. The Labute approximate surface area is 113 Å². The quantitative estimate of drug-likeness (QED) is 0.601. The van der Waals surface area contributed by atoms with E-state index in [9.17, 15) is 15.2 Å². The van der Waals surface area contributed by atoms with Crippen LogP contribution in [0.5, 0.6) is 0 Å². The molecule has 0 unspecified atom stereocenters. The summed E-state index contributed by atoms with van der Waals surface area (Å²) in [4.78, 5) is 12.7. The van der Waals surface area contributed by atoms with E-state index < -0.39 is 4.92 Å². The van der Waals surface area contributed by atoms with Crippen molar-refractivity contribution in [2.75, 3.05) is 18.1 Å². The molecule has 0 radical (unpaired) electrons. The molecule has 1 heterocycles. The van der Waals surface area contributed by atoms with Crippen molar-refractivity contribution in [2.24, 2.45) is 7.05 Å². The summed E-state index contributed by atoms with van der Waals surface area (Å²) in [5.74, 6) is 0.477. The minimum atomic E-state index is -0.398. The van der Waals surface area contributed by atoms with Crippen molar-refractivity contribution in [2.45, 2.75) is 39.7 Å². The lowest BCUT2D eigenvalue weighted by molar-refractivity contribution is -0.384. The first kappa shape index (κ1) is 15.4. The lowest BCUT2D eigenvalue weighted by Gasteiger charge is -2.30. The molecule has 0 aliphatic rings. The average molecular weight is 270 g/mol. The number of rotatable bonds is 7. The van der Waals surface area contributed by atoms with Crippen LogP contribution in [-0.2, 0) is 7.05 Å². The van der Waals surface area contributed by atoms with Crippen LogP contribution in [0.15, 0.2) is 0 Å². The van der Waals surface area contributed by atoms with Gasteiger partial charge in [0.15, 0.2) is 0 Å². The first-order valence-electron chi connectivity index (χ1n) is 6.53. The van der Waals surface area contributed by atoms with Gasteiger partial charge < -0.3 is 10.0 Å². The van der Waals surface area contributed by atoms with Crippen LogP contribution in [0.2, 0.25) is 0 Å². The van der Waals surface area contributed by atoms with E-state index in [-0.39, 0.29) is 18.3 Å². The van der Waals surface area contributed by atoms with Gasteiger partial charge in [0, 0.05) is 19.6 Å². The molecular formula is C12H22N4O3. The minimum absolute atomic E-state index is 0.0304. The molecule has 108 valence electrons. The van der Waals surface area contributed by atoms with E-state index >= 15 is 0 Å². The smallest absolute Gasteiger partial charge is 0.333 e. The van der Waals surface area contributed by atoms with Gasteiger partial charge in [-0.15, -0.1) is 0 Å². The molecule has 0 amide bonds. The van der Waals surface area contributed by atoms with Gasteiger partial charge in [-0.3, -0.25) is 10.1 Å². The maximum atomic E-state index is 11.2. The van der Waals surface area contributed by atoms with Gasteiger partial charge in [-0.1, -0.05) is 13.8 Å². The molecule has 0 aromatic carbocycles. The highest BCUT2D eigenvalue weighted by molar-refractivity contribution is 5.61. The summed E-state index contributed by atoms with van der Waals surface area (Å²) in [7, 11) is 1.70. The molecule has 1 rings (SSSR count). The number of nitro groups is 1. The van der Waals surface area contributed by atoms with E-state index in [0.29, 0.717) is 18.1 Å². The zero-order valence-electron chi connectivity index (χ0n) is 12.0. The highest BCUT2D eigenvalue weighted by atomic mass is 16.6. The maximum Gasteiger partial charge on any atom is 0.333 e. The first-order chi connectivity index (χ1) is 8.97. The second-order valence-corrected chi connectivity index (χ2v) is 4.53. The SMILES string of the molecule is CCC(CC)N(CCO)c1c([N+](=O)[O-])c(C)nn1C. The number of anilines is 1. The molecule has 1 aromatic rings. The normalized spacial score (nSPS) is 11.1. The van der Waals surface area contributed by atoms with Crippen molar-refractivity contribution in [3.8, 4) is 0 Å². The lowest BCUT2D eigenvalue weighted by Crippen LogP contribution is -2.38. The molecule has 19 heavy (non-hydrogen) atoms. The fourth-order valence-electron chi connectivity index (χ4n) is 2.47. The van der Waals surface area contributed by atoms with Gasteiger partial charge in [-0.05, 0) is 19.8 Å². The highest BCUT2D eigenvalue weighted by Gasteiger charge is 2.30. The van der Waals surface area contributed by atoms with Crippen molar-refractivity contribution in [3.63, 3.8) is 0 Å². The molecule has 1 aromatic heterocycles. The zero-order chi connectivity index (χ0) is 14.6. The predicted molar refractivity (Wildman–Crippen MR) is 73.4 cm³/mol. The van der Waals surface area contributed by atoms with Gasteiger partial charge in [0.1, 0.15) is 5.69 Å². The van der Waals surface area contributed by atoms with Gasteiger partial charge in [0.2, 0.25) is 5.82 Å². The Morgan fingerprint density at radius 1 is 1.47 bits per heavy atom. The molecular weight excluding hydrogens is 248 g/mol. The lowest BCUT2D eigenvalue weighted by atomic mass is 10.1. The Kier molecular flexibility index (Phi) is 5.29. The predicted octanol–water partition coefficient (Wildman–Crippen LogP) is 1.62. The van der Waals surface area contributed by atoms with Crippen LogP contribution in [0, 0.1) is 17.0 Å². The standard InChI is InChI=1S/C12H22N4O3/c1-5-10(6-2)15(7-8-17)12-11(16(18)19)9(3)13-14(12)4/h10,17H,5-8H2,1-4H3. The molecule has 0 aliphatic carbocycles. The molecule has 0 aliphatic heterocycles. The third-order valence-corrected chi connectivity index (χ3v) is 3.34. The third-order valence-electron chi connectivity index (χ3n) is 3.34. The third kappa shape index (κ3) is 3.04. The van der Waals surface area contributed by atoms with Crippen molar-refractivity contribution in [1.82, 2.24) is 9.78 Å². The number of hydrogen-bond donors (Lipinski definition) is 1. The monoisotopic (exact) mass is 270 g/mol. The molecule has 0 bridgehead atoms. The first-order valence-corrected chi connectivity index (χ1v) is 6.53. The molecule has 0 atom stereocenters. The largest absolute Gasteiger partial charge is 0.395 e. The Hall–Kier alpha value is -1.63. The molecule has 0 saturated carbocycles. The summed E-state index contributed by atoms with van der Waals surface area (Å²) in [6.45, 7) is 6.02. The second-order valence-electron chi connectivity index (χ2n) is 4.53. The Balaban J connectivity index is 3.33. The van der Waals surface area contributed by atoms with Gasteiger partial charge in [0.25, 0.3) is 0 Å². The molecule has 0 saturated heterocycles. The van der Waals surface area contributed by atoms with Crippen LogP contribution < -0.4 is 4.90 Å². The van der Waals surface area contributed by atoms with Gasteiger partial charge in [-0.2, -0.15) is 5.10 Å². The topological polar surface area (TPSA) is 84.4 Å². The summed E-state index contributed by atoms with van der Waals surface area (Å²) in [5.41, 5.74) is 0.430. The number of aliphatic hydroxyl groups excluding tert-OH is 1. The second kappa shape index (κ2) is 6.51. The van der Waals surface area contributed by atoms with Crippen LogP contribution >= 0.6 is 0 Å². The zero-order valence-corrected chi connectivity index (χ0v) is 12.0. The Morgan fingerprint density at radius 2 is 2.05 bits per heavy atom. The summed E-state index contributed by atoms with van der Waals surface area (Å²) in [5, 5.41) is 24.6. The highest BCUT2D eigenvalue weighted by Crippen LogP contribution is 2.33. The van der Waals surface area contributed by atoms with Crippen molar-refractivity contribution < 1.29 is 10.0 Å². The minimum Gasteiger partial charge on any atom is -0.395 e. The summed E-state index contributed by atoms with van der Waals surface area (Å²) >= 11 is 0. The summed E-state index contributed by atoms with van der Waals surface area (Å²) in [6.07, 6.45) is 1.72. The van der Waals surface area contributed by atoms with E-state index in [2.05, 4.69) is 5.10 Å². The maximum absolute atomic E-state index is 11.2. The molecule has 7 nitrogen and oxygen atoms in total. The number of hydrogen-bond acceptors (Lipinski definition) is 5. The molecule has 0 fully saturated rings. The van der Waals surface area contributed by atoms with Crippen molar-refractivity contribution >= 4 is 11.5 Å². The van der Waals surface area contributed by atoms with Crippen LogP contribution in [0.25, 0.3) is 0 Å². The van der Waals surface area contributed by atoms with E-state index in [1.807, 2.05) is 18.7 Å². The summed E-state index contributed by atoms with van der Waals surface area (Å²) in [6, 6.07) is 0.153. The van der Waals surface area contributed by atoms with Crippen LogP contribution in [-0.4, -0.2) is 39.0 Å². The average Bonchev–Trinajstić information content (AvgIpc) is 2.64. The van der Waals surface area contributed by atoms with E-state index in [1.165, 1.54) is 4.68 Å². The van der Waals surface area contributed by atoms with E-state index in [4.69, 9.17) is 0 Å². The van der Waals surface area contributed by atoms with Crippen molar-refractivity contribution in [1.29, 1.82) is 0 Å². The van der Waals surface area contributed by atoms with Gasteiger partial charge in [0.05, 0.1) is 11.5 Å². The number of aryl methyl sites for hydroxylation is 2. The number of nitrogens with zero attached hydrogens (tertiary/aromatic N) is 4. The summed E-state index contributed by atoms with van der Waals surface area (Å²) < 4.78 is 1.53. The number of aliphatic hydroxyl groups is 1. The van der Waals surface area contributed by atoms with E-state index in [0.717, 1.165) is 12.8 Å². The van der Waals surface area contributed by atoms with Crippen molar-refractivity contribution in [3.05, 3.63) is 15.8 Å². The van der Waals surface area contributed by atoms with Crippen LogP contribution in [0.4, 0.5) is 11.5 Å². The Bertz CT molecular complexity index is 440.